The highest BCUT2D eigenvalue weighted by atomic mass is 15.1. The number of nitrogens with zero attached hydrogens (tertiary/aromatic N) is 1. The van der Waals surface area contributed by atoms with Crippen LogP contribution in [0.2, 0.25) is 0 Å². The van der Waals surface area contributed by atoms with E-state index >= 15 is 0 Å². The van der Waals surface area contributed by atoms with Gasteiger partial charge >= 0.3 is 0 Å². The zero-order chi connectivity index (χ0) is 42.3. The second kappa shape index (κ2) is 12.9. The number of rotatable bonds is 4. The average Bonchev–Trinajstić information content (AvgIpc) is 3.71. The molecule has 0 amide bonds. The topological polar surface area (TPSA) is 3.24 Å². The SMILES string of the molecule is Cc1ccc(-c2cc3c(cc2N(c2ccccc2)c2ccc4c(c2)C(C)(C)CCC4(C)C)C2(c4ccccc4-c4ccccc42)c2ccccc2-3)c2c1C(C)(C)CCC2(C)C. The van der Waals surface area contributed by atoms with Crippen molar-refractivity contribution in [2.24, 2.45) is 0 Å². The smallest absolute Gasteiger partial charge is 0.0726 e. The van der Waals surface area contributed by atoms with Crippen LogP contribution in [0.3, 0.4) is 0 Å². The van der Waals surface area contributed by atoms with Crippen molar-refractivity contribution in [1.82, 2.24) is 0 Å². The van der Waals surface area contributed by atoms with Gasteiger partial charge in [0.25, 0.3) is 0 Å². The third kappa shape index (κ3) is 5.32. The maximum atomic E-state index is 2.64. The Morgan fingerprint density at radius 3 is 1.46 bits per heavy atom. The molecule has 0 aromatic heterocycles. The number of aryl methyl sites for hydroxylation is 1. The van der Waals surface area contributed by atoms with Crippen molar-refractivity contribution < 1.29 is 0 Å². The maximum Gasteiger partial charge on any atom is 0.0726 e. The third-order valence-electron chi connectivity index (χ3n) is 15.9. The van der Waals surface area contributed by atoms with Gasteiger partial charge in [-0.3, -0.25) is 0 Å². The van der Waals surface area contributed by atoms with Crippen LogP contribution in [-0.4, -0.2) is 0 Å². The van der Waals surface area contributed by atoms with Crippen molar-refractivity contribution in [3.8, 4) is 33.4 Å². The minimum Gasteiger partial charge on any atom is -0.310 e. The summed E-state index contributed by atoms with van der Waals surface area (Å²) in [5, 5.41) is 0. The van der Waals surface area contributed by atoms with Crippen LogP contribution in [0.25, 0.3) is 33.4 Å². The van der Waals surface area contributed by atoms with E-state index in [1.54, 1.807) is 0 Å². The molecule has 0 fully saturated rings. The molecule has 1 spiro atoms. The lowest BCUT2D eigenvalue weighted by Gasteiger charge is -2.44. The van der Waals surface area contributed by atoms with Crippen LogP contribution in [0.4, 0.5) is 17.1 Å². The molecule has 0 heterocycles. The number of anilines is 3. The first kappa shape index (κ1) is 38.3. The molecule has 0 aliphatic heterocycles. The van der Waals surface area contributed by atoms with Gasteiger partial charge in [-0.2, -0.15) is 0 Å². The van der Waals surface area contributed by atoms with Gasteiger partial charge in [-0.25, -0.2) is 0 Å². The lowest BCUT2D eigenvalue weighted by molar-refractivity contribution is 0.331. The summed E-state index contributed by atoms with van der Waals surface area (Å²) in [7, 11) is 0. The number of hydrogen-bond donors (Lipinski definition) is 0. The van der Waals surface area contributed by atoms with Gasteiger partial charge < -0.3 is 4.90 Å². The molecular weight excluding hydrogens is 735 g/mol. The van der Waals surface area contributed by atoms with Crippen molar-refractivity contribution >= 4 is 17.1 Å². The first-order valence-electron chi connectivity index (χ1n) is 22.8. The Hall–Kier alpha value is -5.66. The summed E-state index contributed by atoms with van der Waals surface area (Å²) >= 11 is 0. The highest BCUT2D eigenvalue weighted by Crippen LogP contribution is 2.65. The molecular formula is C60H59N. The Labute approximate surface area is 364 Å². The molecule has 0 bridgehead atoms. The van der Waals surface area contributed by atoms with Gasteiger partial charge in [0.15, 0.2) is 0 Å². The normalized spacial score (nSPS) is 18.6. The number of fused-ring (bicyclic) bond motifs is 12. The minimum atomic E-state index is -0.454. The van der Waals surface area contributed by atoms with Crippen molar-refractivity contribution in [2.75, 3.05) is 4.90 Å². The fourth-order valence-electron chi connectivity index (χ4n) is 12.6. The van der Waals surface area contributed by atoms with Gasteiger partial charge in [0.05, 0.1) is 11.1 Å². The van der Waals surface area contributed by atoms with Crippen LogP contribution >= 0.6 is 0 Å². The molecule has 0 saturated heterocycles. The van der Waals surface area contributed by atoms with Gasteiger partial charge in [-0.05, 0) is 169 Å². The van der Waals surface area contributed by atoms with E-state index in [2.05, 4.69) is 213 Å². The number of benzene rings is 7. The molecule has 4 aliphatic rings. The monoisotopic (exact) mass is 793 g/mol. The van der Waals surface area contributed by atoms with Crippen molar-refractivity contribution in [3.63, 3.8) is 0 Å². The fourth-order valence-corrected chi connectivity index (χ4v) is 12.6. The molecule has 1 nitrogen and oxygen atoms in total. The maximum absolute atomic E-state index is 2.64. The van der Waals surface area contributed by atoms with E-state index in [4.69, 9.17) is 0 Å². The summed E-state index contributed by atoms with van der Waals surface area (Å²) in [4.78, 5) is 2.62. The number of hydrogen-bond acceptors (Lipinski definition) is 1. The second-order valence-electron chi connectivity index (χ2n) is 21.4. The predicted octanol–water partition coefficient (Wildman–Crippen LogP) is 16.2. The Balaban J connectivity index is 1.30. The van der Waals surface area contributed by atoms with Crippen LogP contribution in [0, 0.1) is 6.92 Å². The van der Waals surface area contributed by atoms with Gasteiger partial charge in [-0.1, -0.05) is 165 Å². The standard InChI is InChI=1S/C60H59N/c1-38-27-29-44(55-54(38)58(6,7)33-34-59(55,8)9)46-36-45-43-23-15-18-26-49(43)60(47-24-16-13-21-41(47)42-22-14-17-25-48(42)60)51(45)37-53(46)61(39-19-11-10-12-20-39)40-28-30-50-52(35-40)57(4,5)32-31-56(50,2)3/h10-30,35-37H,31-34H2,1-9H3. The molecule has 0 unspecified atom stereocenters. The van der Waals surface area contributed by atoms with Crippen molar-refractivity contribution in [1.29, 1.82) is 0 Å². The fraction of sp³-hybridized carbons (Fsp3) is 0.300. The summed E-state index contributed by atoms with van der Waals surface area (Å²) in [5.74, 6) is 0. The van der Waals surface area contributed by atoms with Gasteiger partial charge in [-0.15, -0.1) is 0 Å². The number of para-hydroxylation sites is 1. The zero-order valence-corrected chi connectivity index (χ0v) is 37.6. The molecule has 61 heavy (non-hydrogen) atoms. The summed E-state index contributed by atoms with van der Waals surface area (Å²) in [6, 6.07) is 56.5. The Bertz CT molecular complexity index is 2890. The van der Waals surface area contributed by atoms with E-state index in [1.165, 1.54) is 120 Å². The minimum absolute atomic E-state index is 0.00393. The van der Waals surface area contributed by atoms with Crippen molar-refractivity contribution in [2.45, 2.75) is 115 Å². The van der Waals surface area contributed by atoms with Gasteiger partial charge in [0.2, 0.25) is 0 Å². The van der Waals surface area contributed by atoms with E-state index in [-0.39, 0.29) is 21.7 Å². The summed E-state index contributed by atoms with van der Waals surface area (Å²) < 4.78 is 0. The molecule has 304 valence electrons. The molecule has 0 atom stereocenters. The van der Waals surface area contributed by atoms with Crippen LogP contribution in [0.15, 0.2) is 146 Å². The molecule has 0 radical (unpaired) electrons. The Morgan fingerprint density at radius 2 is 0.852 bits per heavy atom. The van der Waals surface area contributed by atoms with E-state index in [1.807, 2.05) is 0 Å². The van der Waals surface area contributed by atoms with Gasteiger partial charge in [0.1, 0.15) is 0 Å². The van der Waals surface area contributed by atoms with E-state index in [9.17, 15) is 0 Å². The summed E-state index contributed by atoms with van der Waals surface area (Å²) in [6.45, 7) is 22.1. The first-order valence-corrected chi connectivity index (χ1v) is 22.8. The summed E-state index contributed by atoms with van der Waals surface area (Å²) in [5.41, 5.74) is 24.4. The predicted molar refractivity (Wildman–Crippen MR) is 258 cm³/mol. The zero-order valence-electron chi connectivity index (χ0n) is 37.6. The Kier molecular flexibility index (Phi) is 8.11. The molecule has 4 aliphatic carbocycles. The van der Waals surface area contributed by atoms with E-state index in [0.717, 1.165) is 6.42 Å². The molecule has 1 heteroatoms. The van der Waals surface area contributed by atoms with Crippen molar-refractivity contribution in [3.05, 3.63) is 196 Å². The lowest BCUT2D eigenvalue weighted by atomic mass is 9.60. The third-order valence-corrected chi connectivity index (χ3v) is 15.9. The Morgan fingerprint density at radius 1 is 0.344 bits per heavy atom. The van der Waals surface area contributed by atoms with Crippen LogP contribution in [-0.2, 0) is 27.1 Å². The molecule has 0 saturated carbocycles. The van der Waals surface area contributed by atoms with E-state index < -0.39 is 5.41 Å². The van der Waals surface area contributed by atoms with Crippen LogP contribution in [0.1, 0.15) is 131 Å². The highest BCUT2D eigenvalue weighted by molar-refractivity contribution is 6.00. The average molecular weight is 794 g/mol. The van der Waals surface area contributed by atoms with Gasteiger partial charge in [0, 0.05) is 16.9 Å². The van der Waals surface area contributed by atoms with Crippen LogP contribution < -0.4 is 4.90 Å². The molecule has 0 N–H and O–H groups in total. The lowest BCUT2D eigenvalue weighted by Crippen LogP contribution is -2.35. The van der Waals surface area contributed by atoms with E-state index in [0.29, 0.717) is 0 Å². The van der Waals surface area contributed by atoms with Crippen LogP contribution in [0.5, 0.6) is 0 Å². The molecule has 7 aromatic rings. The summed E-state index contributed by atoms with van der Waals surface area (Å²) in [6.07, 6.45) is 4.70. The highest BCUT2D eigenvalue weighted by Gasteiger charge is 2.52. The first-order chi connectivity index (χ1) is 29.1. The molecule has 7 aromatic carbocycles. The molecule has 11 rings (SSSR count). The quantitative estimate of drug-likeness (QED) is 0.172. The largest absolute Gasteiger partial charge is 0.310 e. The second-order valence-corrected chi connectivity index (χ2v) is 21.4.